The molecule has 25 heavy (non-hydrogen) atoms. The summed E-state index contributed by atoms with van der Waals surface area (Å²) in [5.41, 5.74) is 0.640. The minimum atomic E-state index is -0.451. The molecule has 3 rings (SSSR count). The number of non-ortho nitro benzene ring substituents is 1. The largest absolute Gasteiger partial charge is 0.343 e. The van der Waals surface area contributed by atoms with Crippen LogP contribution in [0.2, 0.25) is 0 Å². The number of piperazine rings is 1. The molecule has 1 aliphatic rings. The zero-order chi connectivity index (χ0) is 17.8. The first-order chi connectivity index (χ1) is 12.0. The van der Waals surface area contributed by atoms with E-state index in [1.54, 1.807) is 34.4 Å². The van der Waals surface area contributed by atoms with E-state index in [9.17, 15) is 14.9 Å². The van der Waals surface area contributed by atoms with Crippen LogP contribution in [0.5, 0.6) is 0 Å². The van der Waals surface area contributed by atoms with E-state index in [1.807, 2.05) is 6.92 Å². The van der Waals surface area contributed by atoms with Crippen molar-refractivity contribution in [1.29, 1.82) is 0 Å². The zero-order valence-corrected chi connectivity index (χ0v) is 14.5. The van der Waals surface area contributed by atoms with Crippen LogP contribution >= 0.6 is 11.3 Å². The number of anilines is 1. The molecule has 0 aliphatic carbocycles. The first kappa shape index (κ1) is 17.0. The number of aromatic nitrogens is 2. The van der Waals surface area contributed by atoms with Gasteiger partial charge in [0.05, 0.1) is 4.92 Å². The smallest absolute Gasteiger partial charge is 0.270 e. The Labute approximate surface area is 148 Å². The summed E-state index contributed by atoms with van der Waals surface area (Å²) >= 11 is 1.55. The van der Waals surface area contributed by atoms with Gasteiger partial charge in [-0.25, -0.2) is 0 Å². The molecule has 2 aromatic rings. The van der Waals surface area contributed by atoms with Crippen LogP contribution in [0.4, 0.5) is 10.8 Å². The summed E-state index contributed by atoms with van der Waals surface area (Å²) in [7, 11) is 0. The van der Waals surface area contributed by atoms with Crippen LogP contribution in [0.1, 0.15) is 10.6 Å². The van der Waals surface area contributed by atoms with Gasteiger partial charge in [0.2, 0.25) is 11.0 Å². The van der Waals surface area contributed by atoms with Crippen molar-refractivity contribution in [1.82, 2.24) is 15.1 Å². The molecular weight excluding hydrogens is 342 g/mol. The molecule has 1 aromatic heterocycles. The van der Waals surface area contributed by atoms with Crippen molar-refractivity contribution in [3.8, 4) is 0 Å². The molecule has 1 aliphatic heterocycles. The van der Waals surface area contributed by atoms with Crippen LogP contribution in [-0.4, -0.2) is 52.1 Å². The lowest BCUT2D eigenvalue weighted by molar-refractivity contribution is -0.384. The topological polar surface area (TPSA) is 92.5 Å². The van der Waals surface area contributed by atoms with E-state index in [2.05, 4.69) is 15.1 Å². The molecule has 2 heterocycles. The van der Waals surface area contributed by atoms with Crippen molar-refractivity contribution in [3.05, 3.63) is 51.0 Å². The van der Waals surface area contributed by atoms with E-state index in [4.69, 9.17) is 0 Å². The molecule has 1 aromatic carbocycles. The van der Waals surface area contributed by atoms with E-state index in [1.165, 1.54) is 18.2 Å². The van der Waals surface area contributed by atoms with E-state index >= 15 is 0 Å². The zero-order valence-electron chi connectivity index (χ0n) is 13.7. The molecule has 1 amide bonds. The molecule has 0 saturated carbocycles. The van der Waals surface area contributed by atoms with Gasteiger partial charge in [-0.05, 0) is 18.6 Å². The lowest BCUT2D eigenvalue weighted by Gasteiger charge is -2.33. The van der Waals surface area contributed by atoms with E-state index in [0.29, 0.717) is 31.7 Å². The highest BCUT2D eigenvalue weighted by atomic mass is 32.1. The van der Waals surface area contributed by atoms with Crippen LogP contribution in [0, 0.1) is 17.0 Å². The highest BCUT2D eigenvalue weighted by Gasteiger charge is 2.21. The summed E-state index contributed by atoms with van der Waals surface area (Å²) in [5.74, 6) is -0.0976. The number of carbonyl (C=O) groups excluding carboxylic acids is 1. The van der Waals surface area contributed by atoms with Crippen LogP contribution in [0.15, 0.2) is 30.3 Å². The van der Waals surface area contributed by atoms with Gasteiger partial charge in [-0.15, -0.1) is 10.2 Å². The SMILES string of the molecule is Cc1nnc(N2CCN(C(=O)/C=C/c3cccc([N+](=O)[O-])c3)CC2)s1. The quantitative estimate of drug-likeness (QED) is 0.472. The number of benzene rings is 1. The standard InChI is InChI=1S/C16H17N5O3S/c1-12-17-18-16(25-12)20-9-7-19(8-10-20)15(22)6-5-13-3-2-4-14(11-13)21(23)24/h2-6,11H,7-10H2,1H3/b6-5+. The Morgan fingerprint density at radius 3 is 2.68 bits per heavy atom. The third-order valence-electron chi connectivity index (χ3n) is 3.88. The number of amides is 1. The average molecular weight is 359 g/mol. The predicted octanol–water partition coefficient (Wildman–Crippen LogP) is 2.12. The van der Waals surface area contributed by atoms with Gasteiger partial charge in [-0.1, -0.05) is 23.5 Å². The molecule has 0 N–H and O–H groups in total. The van der Waals surface area contributed by atoms with Crippen molar-refractivity contribution >= 4 is 34.1 Å². The van der Waals surface area contributed by atoms with Gasteiger partial charge in [-0.3, -0.25) is 14.9 Å². The van der Waals surface area contributed by atoms with Crippen LogP contribution < -0.4 is 4.90 Å². The van der Waals surface area contributed by atoms with Crippen molar-refractivity contribution in [2.24, 2.45) is 0 Å². The number of nitrogens with zero attached hydrogens (tertiary/aromatic N) is 5. The summed E-state index contributed by atoms with van der Waals surface area (Å²) in [4.78, 5) is 26.5. The molecule has 0 radical (unpaired) electrons. The highest BCUT2D eigenvalue weighted by molar-refractivity contribution is 7.15. The summed E-state index contributed by atoms with van der Waals surface area (Å²) < 4.78 is 0. The minimum absolute atomic E-state index is 0.00978. The second-order valence-corrected chi connectivity index (χ2v) is 6.76. The maximum Gasteiger partial charge on any atom is 0.270 e. The van der Waals surface area contributed by atoms with Gasteiger partial charge in [0, 0.05) is 44.4 Å². The lowest BCUT2D eigenvalue weighted by Crippen LogP contribution is -2.48. The Morgan fingerprint density at radius 1 is 1.28 bits per heavy atom. The molecule has 0 atom stereocenters. The number of hydrogen-bond donors (Lipinski definition) is 0. The van der Waals surface area contributed by atoms with E-state index < -0.39 is 4.92 Å². The maximum atomic E-state index is 12.3. The first-order valence-electron chi connectivity index (χ1n) is 7.79. The molecular formula is C16H17N5O3S. The molecule has 9 heteroatoms. The Bertz CT molecular complexity index is 812. The van der Waals surface area contributed by atoms with Crippen molar-refractivity contribution in [2.45, 2.75) is 6.92 Å². The number of rotatable bonds is 4. The molecule has 0 unspecified atom stereocenters. The molecule has 1 saturated heterocycles. The Morgan fingerprint density at radius 2 is 2.04 bits per heavy atom. The molecule has 130 valence electrons. The highest BCUT2D eigenvalue weighted by Crippen LogP contribution is 2.21. The Kier molecular flexibility index (Phi) is 5.03. The second kappa shape index (κ2) is 7.39. The van der Waals surface area contributed by atoms with E-state index in [-0.39, 0.29) is 11.6 Å². The van der Waals surface area contributed by atoms with Crippen molar-refractivity contribution < 1.29 is 9.72 Å². The van der Waals surface area contributed by atoms with Gasteiger partial charge in [0.15, 0.2) is 0 Å². The Balaban J connectivity index is 1.57. The monoisotopic (exact) mass is 359 g/mol. The third kappa shape index (κ3) is 4.18. The first-order valence-corrected chi connectivity index (χ1v) is 8.61. The number of nitro groups is 1. The lowest BCUT2D eigenvalue weighted by atomic mass is 10.2. The fraction of sp³-hybridized carbons (Fsp3) is 0.312. The average Bonchev–Trinajstić information content (AvgIpc) is 3.06. The van der Waals surface area contributed by atoms with Crippen LogP contribution in [0.25, 0.3) is 6.08 Å². The van der Waals surface area contributed by atoms with Crippen molar-refractivity contribution in [2.75, 3.05) is 31.1 Å². The molecule has 1 fully saturated rings. The number of aryl methyl sites for hydroxylation is 1. The fourth-order valence-electron chi connectivity index (χ4n) is 2.55. The molecule has 0 bridgehead atoms. The number of nitro benzene ring substituents is 1. The van der Waals surface area contributed by atoms with Gasteiger partial charge in [0.25, 0.3) is 5.69 Å². The van der Waals surface area contributed by atoms with Crippen LogP contribution in [0.3, 0.4) is 0 Å². The summed E-state index contributed by atoms with van der Waals surface area (Å²) in [6.45, 7) is 4.56. The van der Waals surface area contributed by atoms with Gasteiger partial charge in [-0.2, -0.15) is 0 Å². The normalized spacial score (nSPS) is 14.9. The maximum absolute atomic E-state index is 12.3. The fourth-order valence-corrected chi connectivity index (χ4v) is 3.29. The minimum Gasteiger partial charge on any atom is -0.343 e. The van der Waals surface area contributed by atoms with Crippen molar-refractivity contribution in [3.63, 3.8) is 0 Å². The summed E-state index contributed by atoms with van der Waals surface area (Å²) in [6, 6.07) is 6.20. The number of carbonyl (C=O) groups is 1. The second-order valence-electron chi connectivity index (χ2n) is 5.60. The van der Waals surface area contributed by atoms with Gasteiger partial charge >= 0.3 is 0 Å². The molecule has 8 nitrogen and oxygen atoms in total. The molecule has 0 spiro atoms. The Hall–Kier alpha value is -2.81. The summed E-state index contributed by atoms with van der Waals surface area (Å²) in [6.07, 6.45) is 3.07. The summed E-state index contributed by atoms with van der Waals surface area (Å²) in [5, 5.41) is 20.7. The third-order valence-corrected chi connectivity index (χ3v) is 4.78. The van der Waals surface area contributed by atoms with Gasteiger partial charge < -0.3 is 9.80 Å². The van der Waals surface area contributed by atoms with Crippen LogP contribution in [-0.2, 0) is 4.79 Å². The van der Waals surface area contributed by atoms with E-state index in [0.717, 1.165) is 10.1 Å². The van der Waals surface area contributed by atoms with Gasteiger partial charge in [0.1, 0.15) is 5.01 Å². The predicted molar refractivity (Wildman–Crippen MR) is 95.6 cm³/mol. The number of hydrogen-bond acceptors (Lipinski definition) is 7.